The molecule has 0 unspecified atom stereocenters. The minimum absolute atomic E-state index is 0.141. The van der Waals surface area contributed by atoms with E-state index >= 15 is 0 Å². The van der Waals surface area contributed by atoms with Crippen LogP contribution in [0, 0.1) is 17.4 Å². The van der Waals surface area contributed by atoms with Gasteiger partial charge in [-0.2, -0.15) is 0 Å². The van der Waals surface area contributed by atoms with Gasteiger partial charge in [-0.05, 0) is 59.7 Å². The maximum absolute atomic E-state index is 12.6. The van der Waals surface area contributed by atoms with Crippen molar-refractivity contribution >= 4 is 34.2 Å². The molecule has 1 amide bonds. The second kappa shape index (κ2) is 4.86. The molecule has 0 bridgehead atoms. The quantitative estimate of drug-likeness (QED) is 0.770. The molecule has 1 atom stereocenters. The summed E-state index contributed by atoms with van der Waals surface area (Å²) in [6, 6.07) is 11.3. The summed E-state index contributed by atoms with van der Waals surface area (Å²) in [7, 11) is 0. The minimum Gasteiger partial charge on any atom is -0.369 e. The van der Waals surface area contributed by atoms with Crippen molar-refractivity contribution in [2.75, 3.05) is 4.90 Å². The lowest BCUT2D eigenvalue weighted by Crippen LogP contribution is -2.29. The topological polar surface area (TPSA) is 40.5 Å². The number of benzene rings is 2. The second-order valence-corrected chi connectivity index (χ2v) is 6.21. The van der Waals surface area contributed by atoms with Crippen LogP contribution in [-0.4, -0.2) is 11.0 Å². The SMILES string of the molecule is Cc1cc(C)c(N2C(=O)c3ccccc3[C@@H]2O)c(I)c1. The molecule has 0 saturated carbocycles. The molecule has 0 aliphatic carbocycles. The number of hydrogen-bond donors (Lipinski definition) is 1. The molecule has 1 aliphatic rings. The zero-order valence-corrected chi connectivity index (χ0v) is 13.4. The lowest BCUT2D eigenvalue weighted by Gasteiger charge is -2.24. The molecule has 2 aromatic rings. The molecule has 102 valence electrons. The molecule has 1 aliphatic heterocycles. The summed E-state index contributed by atoms with van der Waals surface area (Å²) >= 11 is 2.22. The van der Waals surface area contributed by atoms with Crippen molar-refractivity contribution in [2.45, 2.75) is 20.1 Å². The monoisotopic (exact) mass is 379 g/mol. The minimum atomic E-state index is -0.909. The third kappa shape index (κ3) is 1.94. The number of carbonyl (C=O) groups is 1. The van der Waals surface area contributed by atoms with E-state index in [-0.39, 0.29) is 5.91 Å². The van der Waals surface area contributed by atoms with E-state index in [1.165, 1.54) is 4.90 Å². The molecule has 0 saturated heterocycles. The van der Waals surface area contributed by atoms with E-state index < -0.39 is 6.23 Å². The molecule has 1 heterocycles. The molecular weight excluding hydrogens is 365 g/mol. The van der Waals surface area contributed by atoms with E-state index in [1.54, 1.807) is 12.1 Å². The third-order valence-electron chi connectivity index (χ3n) is 3.57. The molecule has 4 heteroatoms. The first kappa shape index (κ1) is 13.6. The largest absolute Gasteiger partial charge is 0.369 e. The van der Waals surface area contributed by atoms with Crippen LogP contribution in [-0.2, 0) is 0 Å². The highest BCUT2D eigenvalue weighted by atomic mass is 127. The zero-order valence-electron chi connectivity index (χ0n) is 11.2. The van der Waals surface area contributed by atoms with Gasteiger partial charge in [-0.3, -0.25) is 9.69 Å². The standard InChI is InChI=1S/C16H14INO2/c1-9-7-10(2)14(13(17)8-9)18-15(19)11-5-3-4-6-12(11)16(18)20/h3-8,15,19H,1-2H3/t15-/m0/s1. The van der Waals surface area contributed by atoms with Gasteiger partial charge in [0, 0.05) is 14.7 Å². The van der Waals surface area contributed by atoms with Gasteiger partial charge in [0.15, 0.2) is 6.23 Å². The van der Waals surface area contributed by atoms with Crippen LogP contribution in [0.25, 0.3) is 0 Å². The number of nitrogens with zero attached hydrogens (tertiary/aromatic N) is 1. The van der Waals surface area contributed by atoms with Crippen molar-refractivity contribution in [3.63, 3.8) is 0 Å². The Morgan fingerprint density at radius 1 is 1.20 bits per heavy atom. The Bertz CT molecular complexity index is 688. The van der Waals surface area contributed by atoms with Crippen molar-refractivity contribution in [1.82, 2.24) is 0 Å². The summed E-state index contributed by atoms with van der Waals surface area (Å²) in [5, 5.41) is 10.5. The molecule has 0 spiro atoms. The summed E-state index contributed by atoms with van der Waals surface area (Å²) in [5.41, 5.74) is 4.19. The predicted molar refractivity (Wildman–Crippen MR) is 86.8 cm³/mol. The fraction of sp³-hybridized carbons (Fsp3) is 0.188. The Hall–Kier alpha value is -1.40. The molecule has 0 fully saturated rings. The second-order valence-electron chi connectivity index (χ2n) is 5.05. The van der Waals surface area contributed by atoms with Gasteiger partial charge in [-0.15, -0.1) is 0 Å². The fourth-order valence-corrected chi connectivity index (χ4v) is 3.91. The molecule has 3 rings (SSSR count). The van der Waals surface area contributed by atoms with E-state index in [4.69, 9.17) is 0 Å². The van der Waals surface area contributed by atoms with Crippen molar-refractivity contribution in [2.24, 2.45) is 0 Å². The van der Waals surface area contributed by atoms with E-state index in [0.29, 0.717) is 11.1 Å². The maximum atomic E-state index is 12.6. The Balaban J connectivity index is 2.17. The Morgan fingerprint density at radius 2 is 1.90 bits per heavy atom. The Morgan fingerprint density at radius 3 is 2.55 bits per heavy atom. The van der Waals surface area contributed by atoms with Crippen LogP contribution in [0.15, 0.2) is 36.4 Å². The Labute approximate surface area is 131 Å². The average molecular weight is 379 g/mol. The van der Waals surface area contributed by atoms with E-state index in [9.17, 15) is 9.90 Å². The van der Waals surface area contributed by atoms with Gasteiger partial charge in [-0.1, -0.05) is 24.3 Å². The first-order valence-corrected chi connectivity index (χ1v) is 7.46. The lowest BCUT2D eigenvalue weighted by molar-refractivity contribution is 0.0934. The molecular formula is C16H14INO2. The van der Waals surface area contributed by atoms with Gasteiger partial charge in [0.05, 0.1) is 5.69 Å². The molecule has 0 radical (unpaired) electrons. The van der Waals surface area contributed by atoms with Gasteiger partial charge < -0.3 is 5.11 Å². The van der Waals surface area contributed by atoms with Gasteiger partial charge in [0.25, 0.3) is 5.91 Å². The van der Waals surface area contributed by atoms with Crippen LogP contribution < -0.4 is 4.90 Å². The maximum Gasteiger partial charge on any atom is 0.261 e. The number of carbonyl (C=O) groups excluding carboxylic acids is 1. The molecule has 0 aromatic heterocycles. The molecule has 1 N–H and O–H groups in total. The summed E-state index contributed by atoms with van der Waals surface area (Å²) < 4.78 is 0.973. The number of halogens is 1. The van der Waals surface area contributed by atoms with Gasteiger partial charge in [0.2, 0.25) is 0 Å². The smallest absolute Gasteiger partial charge is 0.261 e. The lowest BCUT2D eigenvalue weighted by atomic mass is 10.1. The predicted octanol–water partition coefficient (Wildman–Crippen LogP) is 3.56. The zero-order chi connectivity index (χ0) is 14.4. The van der Waals surface area contributed by atoms with Crippen molar-refractivity contribution in [1.29, 1.82) is 0 Å². The van der Waals surface area contributed by atoms with E-state index in [2.05, 4.69) is 22.6 Å². The number of aryl methyl sites for hydroxylation is 2. The highest BCUT2D eigenvalue weighted by Crippen LogP contribution is 2.39. The molecule has 3 nitrogen and oxygen atoms in total. The van der Waals surface area contributed by atoms with E-state index in [1.807, 2.05) is 38.1 Å². The summed E-state index contributed by atoms with van der Waals surface area (Å²) in [6.07, 6.45) is -0.909. The number of anilines is 1. The van der Waals surface area contributed by atoms with Gasteiger partial charge >= 0.3 is 0 Å². The normalized spacial score (nSPS) is 17.5. The first-order chi connectivity index (χ1) is 9.50. The summed E-state index contributed by atoms with van der Waals surface area (Å²) in [5.74, 6) is -0.141. The van der Waals surface area contributed by atoms with Crippen LogP contribution in [0.2, 0.25) is 0 Å². The van der Waals surface area contributed by atoms with Crippen LogP contribution in [0.1, 0.15) is 33.3 Å². The summed E-state index contributed by atoms with van der Waals surface area (Å²) in [4.78, 5) is 14.0. The van der Waals surface area contributed by atoms with Crippen molar-refractivity contribution in [3.8, 4) is 0 Å². The first-order valence-electron chi connectivity index (χ1n) is 6.38. The Kier molecular flexibility index (Phi) is 3.30. The summed E-state index contributed by atoms with van der Waals surface area (Å²) in [6.45, 7) is 3.99. The third-order valence-corrected chi connectivity index (χ3v) is 4.39. The van der Waals surface area contributed by atoms with Crippen LogP contribution in [0.5, 0.6) is 0 Å². The van der Waals surface area contributed by atoms with Crippen molar-refractivity contribution in [3.05, 3.63) is 62.2 Å². The van der Waals surface area contributed by atoms with Crippen LogP contribution >= 0.6 is 22.6 Å². The van der Waals surface area contributed by atoms with Gasteiger partial charge in [0.1, 0.15) is 0 Å². The number of amides is 1. The van der Waals surface area contributed by atoms with Crippen LogP contribution in [0.3, 0.4) is 0 Å². The fourth-order valence-electron chi connectivity index (χ4n) is 2.73. The average Bonchev–Trinajstić information content (AvgIpc) is 2.64. The number of hydrogen-bond acceptors (Lipinski definition) is 2. The van der Waals surface area contributed by atoms with Gasteiger partial charge in [-0.25, -0.2) is 0 Å². The number of fused-ring (bicyclic) bond motifs is 1. The highest BCUT2D eigenvalue weighted by Gasteiger charge is 2.37. The number of aliphatic hydroxyl groups is 1. The van der Waals surface area contributed by atoms with Crippen LogP contribution in [0.4, 0.5) is 5.69 Å². The number of aliphatic hydroxyl groups excluding tert-OH is 1. The highest BCUT2D eigenvalue weighted by molar-refractivity contribution is 14.1. The van der Waals surface area contributed by atoms with E-state index in [0.717, 1.165) is 20.4 Å². The molecule has 20 heavy (non-hydrogen) atoms. The van der Waals surface area contributed by atoms with Crippen molar-refractivity contribution < 1.29 is 9.90 Å². The number of rotatable bonds is 1. The molecule has 2 aromatic carbocycles.